The molecule has 90 valence electrons. The monoisotopic (exact) mass is 252 g/mol. The van der Waals surface area contributed by atoms with Crippen molar-refractivity contribution in [1.82, 2.24) is 4.57 Å². The maximum atomic E-state index is 10.9. The molecule has 0 aromatic carbocycles. The maximum absolute atomic E-state index is 10.9. The third-order valence-electron chi connectivity index (χ3n) is 2.15. The van der Waals surface area contributed by atoms with Crippen LogP contribution in [0.2, 0.25) is 0 Å². The number of nitrogens with zero attached hydrogens (tertiary/aromatic N) is 2. The van der Waals surface area contributed by atoms with Gasteiger partial charge in [-0.05, 0) is 12.1 Å². The van der Waals surface area contributed by atoms with Gasteiger partial charge in [-0.15, -0.1) is 11.3 Å². The third-order valence-corrected chi connectivity index (χ3v) is 2.95. The molecule has 0 aliphatic carbocycles. The first-order valence-electron chi connectivity index (χ1n) is 5.07. The number of rotatable bonds is 3. The van der Waals surface area contributed by atoms with Crippen LogP contribution in [0.1, 0.15) is 18.8 Å². The molecule has 5 nitrogen and oxygen atoms in total. The van der Waals surface area contributed by atoms with E-state index in [1.54, 1.807) is 22.9 Å². The number of thiazole rings is 1. The zero-order valence-electron chi connectivity index (χ0n) is 9.24. The molecule has 17 heavy (non-hydrogen) atoms. The van der Waals surface area contributed by atoms with Gasteiger partial charge in [-0.3, -0.25) is 4.79 Å². The number of carbonyl (C=O) groups excluding carboxylic acids is 1. The minimum absolute atomic E-state index is 0.256. The molecule has 0 fully saturated rings. The van der Waals surface area contributed by atoms with E-state index in [4.69, 9.17) is 4.42 Å². The molecule has 2 aromatic heterocycles. The molecular weight excluding hydrogens is 240 g/mol. The average Bonchev–Trinajstić information content (AvgIpc) is 2.89. The summed E-state index contributed by atoms with van der Waals surface area (Å²) in [6.07, 6.45) is 2.54. The van der Waals surface area contributed by atoms with Crippen LogP contribution in [-0.2, 0) is 11.3 Å². The van der Waals surface area contributed by atoms with Gasteiger partial charge < -0.3 is 14.1 Å². The lowest BCUT2D eigenvalue weighted by Crippen LogP contribution is -2.19. The highest BCUT2D eigenvalue weighted by Crippen LogP contribution is 2.14. The molecule has 1 atom stereocenters. The summed E-state index contributed by atoms with van der Waals surface area (Å²) in [5.41, 5.74) is 0. The highest BCUT2D eigenvalue weighted by molar-refractivity contribution is 7.07. The first-order valence-corrected chi connectivity index (χ1v) is 5.95. The number of hydrogen-bond donors (Lipinski definition) is 1. The van der Waals surface area contributed by atoms with E-state index in [-0.39, 0.29) is 5.91 Å². The number of hydrogen-bond acceptors (Lipinski definition) is 4. The number of furan rings is 1. The van der Waals surface area contributed by atoms with Crippen LogP contribution in [0.25, 0.3) is 0 Å². The lowest BCUT2D eigenvalue weighted by atomic mass is 10.3. The fraction of sp³-hybridized carbons (Fsp3) is 0.273. The third kappa shape index (κ3) is 2.92. The van der Waals surface area contributed by atoms with Crippen molar-refractivity contribution in [3.8, 4) is 0 Å². The Balaban J connectivity index is 2.20. The number of carbonyl (C=O) groups is 1. The van der Waals surface area contributed by atoms with Gasteiger partial charge in [0, 0.05) is 18.5 Å². The van der Waals surface area contributed by atoms with Crippen molar-refractivity contribution in [3.63, 3.8) is 0 Å². The molecule has 1 N–H and O–H groups in total. The van der Waals surface area contributed by atoms with E-state index in [2.05, 4.69) is 4.99 Å². The van der Waals surface area contributed by atoms with E-state index in [0.29, 0.717) is 17.1 Å². The summed E-state index contributed by atoms with van der Waals surface area (Å²) in [7, 11) is 0. The maximum Gasteiger partial charge on any atom is 0.245 e. The molecule has 2 rings (SSSR count). The van der Waals surface area contributed by atoms with Crippen molar-refractivity contribution in [2.75, 3.05) is 0 Å². The Morgan fingerprint density at radius 3 is 3.18 bits per heavy atom. The largest absolute Gasteiger partial charge is 0.467 e. The van der Waals surface area contributed by atoms with Crippen LogP contribution >= 0.6 is 11.3 Å². The van der Waals surface area contributed by atoms with Gasteiger partial charge >= 0.3 is 0 Å². The summed E-state index contributed by atoms with van der Waals surface area (Å²) in [5, 5.41) is 11.7. The van der Waals surface area contributed by atoms with Gasteiger partial charge in [-0.25, -0.2) is 0 Å². The molecule has 2 aromatic rings. The Morgan fingerprint density at radius 1 is 1.71 bits per heavy atom. The summed E-state index contributed by atoms with van der Waals surface area (Å²) < 4.78 is 6.83. The van der Waals surface area contributed by atoms with Gasteiger partial charge in [0.1, 0.15) is 11.9 Å². The van der Waals surface area contributed by atoms with Crippen LogP contribution in [0.3, 0.4) is 0 Å². The molecule has 0 saturated carbocycles. The molecule has 0 radical (unpaired) electrons. The van der Waals surface area contributed by atoms with Gasteiger partial charge in [0.25, 0.3) is 0 Å². The normalized spacial score (nSPS) is 13.9. The standard InChI is InChI=1S/C11H12N2O3S/c1-8(14)12-11-13(4-6-17-11)7-9(15)10-3-2-5-16-10/h2-6,9,15H,7H2,1H3. The van der Waals surface area contributed by atoms with Gasteiger partial charge in [0.05, 0.1) is 12.8 Å². The molecule has 0 saturated heterocycles. The van der Waals surface area contributed by atoms with Crippen LogP contribution in [0, 0.1) is 0 Å². The van der Waals surface area contributed by atoms with Crippen molar-refractivity contribution < 1.29 is 14.3 Å². The molecule has 0 aliphatic rings. The zero-order chi connectivity index (χ0) is 12.3. The molecular formula is C11H12N2O3S. The van der Waals surface area contributed by atoms with Crippen molar-refractivity contribution in [2.24, 2.45) is 4.99 Å². The Morgan fingerprint density at radius 2 is 2.53 bits per heavy atom. The van der Waals surface area contributed by atoms with Gasteiger partial charge in [0.15, 0.2) is 4.80 Å². The molecule has 6 heteroatoms. The van der Waals surface area contributed by atoms with E-state index >= 15 is 0 Å². The van der Waals surface area contributed by atoms with Crippen LogP contribution in [-0.4, -0.2) is 15.6 Å². The smallest absolute Gasteiger partial charge is 0.245 e. The summed E-state index contributed by atoms with van der Waals surface area (Å²) >= 11 is 1.35. The molecule has 2 heterocycles. The fourth-order valence-corrected chi connectivity index (χ4v) is 2.20. The SMILES string of the molecule is CC(=O)N=c1sccn1CC(O)c1ccco1. The van der Waals surface area contributed by atoms with E-state index in [1.165, 1.54) is 24.5 Å². The van der Waals surface area contributed by atoms with E-state index in [1.807, 2.05) is 5.38 Å². The second-order valence-electron chi connectivity index (χ2n) is 3.50. The van der Waals surface area contributed by atoms with Crippen LogP contribution in [0.15, 0.2) is 39.4 Å². The van der Waals surface area contributed by atoms with Crippen molar-refractivity contribution in [1.29, 1.82) is 0 Å². The fourth-order valence-electron chi connectivity index (χ4n) is 1.42. The minimum atomic E-state index is -0.745. The second-order valence-corrected chi connectivity index (χ2v) is 4.37. The van der Waals surface area contributed by atoms with Crippen molar-refractivity contribution >= 4 is 17.2 Å². The summed E-state index contributed by atoms with van der Waals surface area (Å²) in [4.78, 5) is 15.4. The first-order chi connectivity index (χ1) is 8.16. The van der Waals surface area contributed by atoms with Crippen LogP contribution in [0.4, 0.5) is 0 Å². The highest BCUT2D eigenvalue weighted by atomic mass is 32.1. The average molecular weight is 252 g/mol. The summed E-state index contributed by atoms with van der Waals surface area (Å²) in [5.74, 6) is 0.242. The molecule has 0 spiro atoms. The number of aliphatic hydroxyl groups is 1. The van der Waals surface area contributed by atoms with Gasteiger partial charge in [0.2, 0.25) is 5.91 Å². The van der Waals surface area contributed by atoms with E-state index in [0.717, 1.165) is 0 Å². The Kier molecular flexibility index (Phi) is 3.55. The van der Waals surface area contributed by atoms with Crippen molar-refractivity contribution in [2.45, 2.75) is 19.6 Å². The number of aliphatic hydroxyl groups excluding tert-OH is 1. The van der Waals surface area contributed by atoms with E-state index in [9.17, 15) is 9.90 Å². The van der Waals surface area contributed by atoms with E-state index < -0.39 is 6.10 Å². The zero-order valence-corrected chi connectivity index (χ0v) is 10.1. The van der Waals surface area contributed by atoms with Gasteiger partial charge in [-0.1, -0.05) is 0 Å². The quantitative estimate of drug-likeness (QED) is 0.895. The predicted octanol–water partition coefficient (Wildman–Crippen LogP) is 1.32. The lowest BCUT2D eigenvalue weighted by molar-refractivity contribution is -0.116. The molecule has 1 amide bonds. The Hall–Kier alpha value is -1.66. The number of amides is 1. The van der Waals surface area contributed by atoms with Gasteiger partial charge in [-0.2, -0.15) is 4.99 Å². The summed E-state index contributed by atoms with van der Waals surface area (Å²) in [6, 6.07) is 3.43. The Bertz CT molecular complexity index is 553. The molecule has 0 aliphatic heterocycles. The molecule has 1 unspecified atom stereocenters. The van der Waals surface area contributed by atoms with Crippen LogP contribution in [0.5, 0.6) is 0 Å². The van der Waals surface area contributed by atoms with Crippen LogP contribution < -0.4 is 4.80 Å². The predicted molar refractivity (Wildman–Crippen MR) is 62.2 cm³/mol. The number of aromatic nitrogens is 1. The summed E-state index contributed by atoms with van der Waals surface area (Å²) in [6.45, 7) is 1.70. The topological polar surface area (TPSA) is 67.7 Å². The molecule has 0 bridgehead atoms. The van der Waals surface area contributed by atoms with Crippen molar-refractivity contribution in [3.05, 3.63) is 40.5 Å². The second kappa shape index (κ2) is 5.11. The Labute approximate surface area is 102 Å². The highest BCUT2D eigenvalue weighted by Gasteiger charge is 2.11. The lowest BCUT2D eigenvalue weighted by Gasteiger charge is -2.08. The first kappa shape index (κ1) is 11.8. The minimum Gasteiger partial charge on any atom is -0.467 e.